The second kappa shape index (κ2) is 4.81. The average molecular weight is 270 g/mol. The summed E-state index contributed by atoms with van der Waals surface area (Å²) in [5.41, 5.74) is 1.28. The number of ether oxygens (including phenoxy) is 1. The second-order valence-corrected chi connectivity index (χ2v) is 4.50. The predicted octanol–water partition coefficient (Wildman–Crippen LogP) is 3.43. The van der Waals surface area contributed by atoms with Crippen molar-refractivity contribution in [1.82, 2.24) is 0 Å². The molecular formula is C16H11FO3. The Morgan fingerprint density at radius 3 is 2.70 bits per heavy atom. The van der Waals surface area contributed by atoms with Crippen LogP contribution in [0.25, 0.3) is 6.08 Å². The number of para-hydroxylation sites is 1. The molecule has 0 saturated heterocycles. The molecule has 0 fully saturated rings. The maximum atomic E-state index is 13.3. The van der Waals surface area contributed by atoms with Gasteiger partial charge in [0.25, 0.3) is 0 Å². The molecule has 0 amide bonds. The largest absolute Gasteiger partial charge is 0.480 e. The average Bonchev–Trinajstić information content (AvgIpc) is 2.46. The molecule has 4 heteroatoms. The summed E-state index contributed by atoms with van der Waals surface area (Å²) in [6.45, 7) is 0. The Labute approximate surface area is 114 Å². The van der Waals surface area contributed by atoms with Crippen molar-refractivity contribution >= 4 is 12.0 Å². The van der Waals surface area contributed by atoms with Crippen LogP contribution in [0.3, 0.4) is 0 Å². The van der Waals surface area contributed by atoms with E-state index in [1.807, 2.05) is 0 Å². The van der Waals surface area contributed by atoms with Gasteiger partial charge < -0.3 is 9.84 Å². The van der Waals surface area contributed by atoms with Gasteiger partial charge in [0.1, 0.15) is 11.6 Å². The first-order valence-electron chi connectivity index (χ1n) is 6.11. The van der Waals surface area contributed by atoms with Crippen molar-refractivity contribution in [2.45, 2.75) is 6.10 Å². The van der Waals surface area contributed by atoms with E-state index in [9.17, 15) is 14.3 Å². The number of rotatable bonds is 2. The molecule has 2 aromatic carbocycles. The Morgan fingerprint density at radius 1 is 1.15 bits per heavy atom. The molecule has 0 bridgehead atoms. The number of hydrogen-bond acceptors (Lipinski definition) is 2. The first-order valence-corrected chi connectivity index (χ1v) is 6.11. The molecule has 20 heavy (non-hydrogen) atoms. The Bertz CT molecular complexity index is 706. The van der Waals surface area contributed by atoms with Gasteiger partial charge in [0, 0.05) is 11.1 Å². The van der Waals surface area contributed by atoms with Crippen LogP contribution >= 0.6 is 0 Å². The number of halogens is 1. The smallest absolute Gasteiger partial charge is 0.335 e. The van der Waals surface area contributed by atoms with E-state index in [2.05, 4.69) is 0 Å². The van der Waals surface area contributed by atoms with Gasteiger partial charge in [0.15, 0.2) is 6.10 Å². The summed E-state index contributed by atoms with van der Waals surface area (Å²) in [4.78, 5) is 11.4. The van der Waals surface area contributed by atoms with Gasteiger partial charge in [-0.15, -0.1) is 0 Å². The number of carboxylic acids is 1. The summed E-state index contributed by atoms with van der Waals surface area (Å²) in [5, 5.41) is 9.32. The lowest BCUT2D eigenvalue weighted by atomic mass is 9.96. The number of fused-ring (bicyclic) bond motifs is 1. The number of carboxylic acid groups (broad SMARTS) is 1. The van der Waals surface area contributed by atoms with Gasteiger partial charge in [0.2, 0.25) is 0 Å². The van der Waals surface area contributed by atoms with Crippen LogP contribution in [0.1, 0.15) is 17.2 Å². The van der Waals surface area contributed by atoms with Crippen LogP contribution in [0.5, 0.6) is 5.75 Å². The first kappa shape index (κ1) is 12.4. The standard InChI is InChI=1S/C16H11FO3/c17-12-6-3-5-11(8-12)15-13(16(18)19)9-10-4-1-2-7-14(10)20-15/h1-9,15H,(H,18,19). The van der Waals surface area contributed by atoms with Crippen LogP contribution in [0.2, 0.25) is 0 Å². The molecule has 1 unspecified atom stereocenters. The van der Waals surface area contributed by atoms with Crippen LogP contribution in [0.15, 0.2) is 54.1 Å². The maximum Gasteiger partial charge on any atom is 0.335 e. The number of hydrogen-bond donors (Lipinski definition) is 1. The SMILES string of the molecule is O=C(O)C1=Cc2ccccc2OC1c1cccc(F)c1. The minimum Gasteiger partial charge on any atom is -0.480 e. The quantitative estimate of drug-likeness (QED) is 0.909. The van der Waals surface area contributed by atoms with Gasteiger partial charge in [-0.05, 0) is 24.3 Å². The molecule has 1 aliphatic rings. The van der Waals surface area contributed by atoms with Gasteiger partial charge >= 0.3 is 5.97 Å². The molecular weight excluding hydrogens is 259 g/mol. The van der Waals surface area contributed by atoms with Crippen LogP contribution in [0.4, 0.5) is 4.39 Å². The van der Waals surface area contributed by atoms with Gasteiger partial charge in [-0.3, -0.25) is 0 Å². The summed E-state index contributed by atoms with van der Waals surface area (Å²) >= 11 is 0. The lowest BCUT2D eigenvalue weighted by Gasteiger charge is -2.25. The van der Waals surface area contributed by atoms with Gasteiger partial charge in [-0.2, -0.15) is 0 Å². The predicted molar refractivity (Wildman–Crippen MR) is 71.8 cm³/mol. The fourth-order valence-corrected chi connectivity index (χ4v) is 2.23. The molecule has 0 radical (unpaired) electrons. The van der Waals surface area contributed by atoms with Crippen LogP contribution in [-0.4, -0.2) is 11.1 Å². The van der Waals surface area contributed by atoms with E-state index in [1.165, 1.54) is 18.2 Å². The van der Waals surface area contributed by atoms with E-state index in [0.29, 0.717) is 16.9 Å². The third-order valence-corrected chi connectivity index (χ3v) is 3.16. The highest BCUT2D eigenvalue weighted by molar-refractivity contribution is 5.95. The molecule has 1 N–H and O–H groups in total. The van der Waals surface area contributed by atoms with Crippen molar-refractivity contribution in [2.24, 2.45) is 0 Å². The molecule has 1 heterocycles. The molecule has 2 aromatic rings. The number of benzene rings is 2. The third-order valence-electron chi connectivity index (χ3n) is 3.16. The highest BCUT2D eigenvalue weighted by Crippen LogP contribution is 2.37. The fraction of sp³-hybridized carbons (Fsp3) is 0.0625. The molecule has 3 rings (SSSR count). The molecule has 0 aromatic heterocycles. The van der Waals surface area contributed by atoms with Gasteiger partial charge in [-0.25, -0.2) is 9.18 Å². The van der Waals surface area contributed by atoms with Crippen molar-refractivity contribution in [3.05, 3.63) is 71.0 Å². The van der Waals surface area contributed by atoms with Crippen LogP contribution in [0, 0.1) is 5.82 Å². The fourth-order valence-electron chi connectivity index (χ4n) is 2.23. The second-order valence-electron chi connectivity index (χ2n) is 4.50. The summed E-state index contributed by atoms with van der Waals surface area (Å²) in [7, 11) is 0. The van der Waals surface area contributed by atoms with Crippen LogP contribution in [-0.2, 0) is 4.79 Å². The zero-order valence-corrected chi connectivity index (χ0v) is 10.4. The molecule has 0 aliphatic carbocycles. The van der Waals surface area contributed by atoms with Crippen molar-refractivity contribution in [3.8, 4) is 5.75 Å². The third kappa shape index (κ3) is 2.16. The van der Waals surface area contributed by atoms with Crippen molar-refractivity contribution in [1.29, 1.82) is 0 Å². The van der Waals surface area contributed by atoms with Crippen molar-refractivity contribution in [2.75, 3.05) is 0 Å². The van der Waals surface area contributed by atoms with Gasteiger partial charge in [-0.1, -0.05) is 30.3 Å². The summed E-state index contributed by atoms with van der Waals surface area (Å²) in [6.07, 6.45) is 0.759. The molecule has 3 nitrogen and oxygen atoms in total. The lowest BCUT2D eigenvalue weighted by Crippen LogP contribution is -2.20. The Balaban J connectivity index is 2.10. The zero-order chi connectivity index (χ0) is 14.1. The Hall–Kier alpha value is -2.62. The normalized spacial score (nSPS) is 16.9. The minimum absolute atomic E-state index is 0.0919. The first-order chi connectivity index (χ1) is 9.65. The monoisotopic (exact) mass is 270 g/mol. The van der Waals surface area contributed by atoms with Gasteiger partial charge in [0.05, 0.1) is 5.57 Å². The maximum absolute atomic E-state index is 13.3. The highest BCUT2D eigenvalue weighted by atomic mass is 19.1. The molecule has 1 atom stereocenters. The molecule has 100 valence electrons. The molecule has 0 saturated carbocycles. The number of carbonyl (C=O) groups is 1. The van der Waals surface area contributed by atoms with E-state index in [1.54, 1.807) is 36.4 Å². The summed E-state index contributed by atoms with van der Waals surface area (Å²) in [6, 6.07) is 12.9. The lowest BCUT2D eigenvalue weighted by molar-refractivity contribution is -0.133. The highest BCUT2D eigenvalue weighted by Gasteiger charge is 2.29. The summed E-state index contributed by atoms with van der Waals surface area (Å²) in [5.74, 6) is -0.907. The minimum atomic E-state index is -1.08. The number of aliphatic carboxylic acids is 1. The van der Waals surface area contributed by atoms with E-state index < -0.39 is 17.9 Å². The zero-order valence-electron chi connectivity index (χ0n) is 10.4. The Morgan fingerprint density at radius 2 is 1.95 bits per heavy atom. The van der Waals surface area contributed by atoms with Crippen molar-refractivity contribution in [3.63, 3.8) is 0 Å². The van der Waals surface area contributed by atoms with E-state index in [4.69, 9.17) is 4.74 Å². The Kier molecular flexibility index (Phi) is 2.99. The van der Waals surface area contributed by atoms with E-state index in [0.717, 1.165) is 0 Å². The van der Waals surface area contributed by atoms with E-state index >= 15 is 0 Å². The topological polar surface area (TPSA) is 46.5 Å². The van der Waals surface area contributed by atoms with Crippen molar-refractivity contribution < 1.29 is 19.0 Å². The van der Waals surface area contributed by atoms with Crippen LogP contribution < -0.4 is 4.74 Å². The molecule has 1 aliphatic heterocycles. The summed E-state index contributed by atoms with van der Waals surface area (Å²) < 4.78 is 19.1. The molecule has 0 spiro atoms. The van der Waals surface area contributed by atoms with E-state index in [-0.39, 0.29) is 5.57 Å².